The minimum atomic E-state index is -2.41. The lowest BCUT2D eigenvalue weighted by Gasteiger charge is -2.43. The number of aliphatic hydroxyl groups excluding tert-OH is 1. The Hall–Kier alpha value is -3.84. The summed E-state index contributed by atoms with van der Waals surface area (Å²) in [5, 5.41) is 14.2. The lowest BCUT2D eigenvalue weighted by atomic mass is 10.2. The molecule has 0 bridgehead atoms. The summed E-state index contributed by atoms with van der Waals surface area (Å²) in [6, 6.07) is 42.9. The van der Waals surface area contributed by atoms with E-state index < -0.39 is 16.6 Å². The molecule has 0 radical (unpaired) electrons. The van der Waals surface area contributed by atoms with Crippen LogP contribution in [0.2, 0.25) is 10.1 Å². The van der Waals surface area contributed by atoms with Gasteiger partial charge in [0, 0.05) is 26.2 Å². The monoisotopic (exact) mass is 717 g/mol. The van der Waals surface area contributed by atoms with Crippen molar-refractivity contribution in [1.82, 2.24) is 0 Å². The number of hydrogen-bond donors (Lipinski definition) is 1. The molecule has 0 heterocycles. The molecule has 4 rings (SSSR count). The average Bonchev–Trinajstić information content (AvgIpc) is 3.13. The fraction of sp³-hybridized carbons (Fsp3) is 0.356. The van der Waals surface area contributed by atoms with Gasteiger partial charge in [0.15, 0.2) is 0 Å². The van der Waals surface area contributed by atoms with Crippen LogP contribution in [0.5, 0.6) is 0 Å². The number of rotatable bonds is 16. The van der Waals surface area contributed by atoms with Gasteiger partial charge in [-0.2, -0.15) is 0 Å². The molecule has 0 saturated carbocycles. The van der Waals surface area contributed by atoms with Gasteiger partial charge in [-0.05, 0) is 50.1 Å². The van der Waals surface area contributed by atoms with E-state index in [1.54, 1.807) is 0 Å². The average molecular weight is 718 g/mol. The Bertz CT molecular complexity index is 1540. The topological polar surface area (TPSA) is 43.0 Å². The first-order valence-corrected chi connectivity index (χ1v) is 22.1. The van der Waals surface area contributed by atoms with Gasteiger partial charge in [-0.15, -0.1) is 0 Å². The predicted molar refractivity (Wildman–Crippen MR) is 222 cm³/mol. The van der Waals surface area contributed by atoms with E-state index in [1.165, 1.54) is 20.7 Å². The summed E-state index contributed by atoms with van der Waals surface area (Å²) in [6.45, 7) is 22.7. The SMILES string of the molecule is CC(C)(C)[Si](OCC/C=C/CCO)(c1ccccc1)c1ccccc1.[C-]#[N+]CC/C=C/CCO[Si](c1ccccc1)(c1ccccc1)C(C)(C)C. The highest BCUT2D eigenvalue weighted by Gasteiger charge is 2.51. The summed E-state index contributed by atoms with van der Waals surface area (Å²) in [6.07, 6.45) is 11.6. The lowest BCUT2D eigenvalue weighted by molar-refractivity contribution is 0.299. The van der Waals surface area contributed by atoms with Gasteiger partial charge in [0.1, 0.15) is 0 Å². The molecule has 0 aliphatic carbocycles. The van der Waals surface area contributed by atoms with E-state index in [4.69, 9.17) is 20.5 Å². The van der Waals surface area contributed by atoms with Gasteiger partial charge in [0.05, 0.1) is 0 Å². The Morgan fingerprint density at radius 3 is 1.08 bits per heavy atom. The third kappa shape index (κ3) is 11.3. The molecule has 0 amide bonds. The quantitative estimate of drug-likeness (QED) is 0.0546. The van der Waals surface area contributed by atoms with Crippen molar-refractivity contribution in [2.24, 2.45) is 0 Å². The van der Waals surface area contributed by atoms with Crippen LogP contribution in [0.15, 0.2) is 146 Å². The zero-order valence-electron chi connectivity index (χ0n) is 31.7. The minimum absolute atomic E-state index is 0.0174. The van der Waals surface area contributed by atoms with Gasteiger partial charge in [-0.1, -0.05) is 187 Å². The second kappa shape index (κ2) is 20.9. The molecular formula is C45H59NO3Si2. The molecule has 51 heavy (non-hydrogen) atoms. The van der Waals surface area contributed by atoms with Crippen molar-refractivity contribution in [2.75, 3.05) is 26.4 Å². The third-order valence-electron chi connectivity index (χ3n) is 9.08. The van der Waals surface area contributed by atoms with Gasteiger partial charge >= 0.3 is 0 Å². The fourth-order valence-corrected chi connectivity index (χ4v) is 15.9. The van der Waals surface area contributed by atoms with Gasteiger partial charge in [-0.3, -0.25) is 0 Å². The largest absolute Gasteiger partial charge is 0.407 e. The highest BCUT2D eigenvalue weighted by atomic mass is 28.4. The van der Waals surface area contributed by atoms with Crippen LogP contribution in [0.3, 0.4) is 0 Å². The summed E-state index contributed by atoms with van der Waals surface area (Å²) in [4.78, 5) is 3.38. The maximum atomic E-state index is 8.88. The van der Waals surface area contributed by atoms with Crippen molar-refractivity contribution in [1.29, 1.82) is 0 Å². The van der Waals surface area contributed by atoms with Crippen LogP contribution in [0.4, 0.5) is 0 Å². The lowest BCUT2D eigenvalue weighted by Crippen LogP contribution is -2.66. The van der Waals surface area contributed by atoms with E-state index in [1.807, 2.05) is 6.08 Å². The molecule has 270 valence electrons. The molecule has 0 saturated heterocycles. The number of nitrogens with zero attached hydrogens (tertiary/aromatic N) is 1. The standard InChI is InChI=1S/C23H29NOSi.C22H30O2Si/c1-23(2,3)26(21-15-9-7-10-16-21,22-17-11-8-12-18-22)25-20-14-6-5-13-19-24-4;1-22(2,3)25(20-14-8-6-9-15-20,21-16-10-7-11-17-21)24-19-13-5-4-12-18-23/h5-12,15-18H,13-14,19-20H2,1-3H3;4-11,14-17,23H,12-13,18-19H2,1-3H3/b6-5+;5-4+. The van der Waals surface area contributed by atoms with E-state index in [-0.39, 0.29) is 16.7 Å². The van der Waals surface area contributed by atoms with Crippen molar-refractivity contribution in [3.8, 4) is 0 Å². The Balaban J connectivity index is 0.000000276. The summed E-state index contributed by atoms with van der Waals surface area (Å²) in [5.74, 6) is 0. The van der Waals surface area contributed by atoms with Gasteiger partial charge in [0.2, 0.25) is 6.54 Å². The van der Waals surface area contributed by atoms with Gasteiger partial charge < -0.3 is 18.8 Å². The van der Waals surface area contributed by atoms with Crippen LogP contribution >= 0.6 is 0 Å². The molecule has 0 atom stereocenters. The summed E-state index contributed by atoms with van der Waals surface area (Å²) < 4.78 is 13.6. The fourth-order valence-electron chi connectivity index (χ4n) is 6.77. The highest BCUT2D eigenvalue weighted by molar-refractivity contribution is 7.00. The zero-order valence-corrected chi connectivity index (χ0v) is 33.7. The van der Waals surface area contributed by atoms with Crippen LogP contribution in [0.25, 0.3) is 4.85 Å². The Morgan fingerprint density at radius 1 is 0.510 bits per heavy atom. The third-order valence-corrected chi connectivity index (χ3v) is 19.2. The molecule has 0 fully saturated rings. The number of aliphatic hydroxyl groups is 1. The maximum Gasteiger partial charge on any atom is 0.261 e. The highest BCUT2D eigenvalue weighted by Crippen LogP contribution is 2.38. The molecule has 4 aromatic rings. The molecular weight excluding hydrogens is 659 g/mol. The molecule has 0 spiro atoms. The molecule has 0 aliphatic rings. The molecule has 0 unspecified atom stereocenters. The van der Waals surface area contributed by atoms with Crippen molar-refractivity contribution < 1.29 is 14.0 Å². The molecule has 0 aliphatic heterocycles. The zero-order chi connectivity index (χ0) is 37.1. The Kier molecular flexibility index (Phi) is 17.0. The van der Waals surface area contributed by atoms with E-state index in [9.17, 15) is 0 Å². The van der Waals surface area contributed by atoms with Gasteiger partial charge in [-0.25, -0.2) is 6.57 Å². The molecule has 6 heteroatoms. The summed E-state index contributed by atoms with van der Waals surface area (Å²) in [7, 11) is -4.81. The number of hydrogen-bond acceptors (Lipinski definition) is 3. The van der Waals surface area contributed by atoms with Gasteiger partial charge in [0.25, 0.3) is 16.6 Å². The molecule has 4 nitrogen and oxygen atoms in total. The second-order valence-electron chi connectivity index (χ2n) is 14.7. The first kappa shape index (κ1) is 41.6. The van der Waals surface area contributed by atoms with Crippen molar-refractivity contribution >= 4 is 37.4 Å². The normalized spacial score (nSPS) is 12.4. The first-order chi connectivity index (χ1) is 24.5. The first-order valence-electron chi connectivity index (χ1n) is 18.3. The van der Waals surface area contributed by atoms with Crippen LogP contribution in [0.1, 0.15) is 67.2 Å². The molecule has 0 aromatic heterocycles. The Morgan fingerprint density at radius 2 is 0.804 bits per heavy atom. The van der Waals surface area contributed by atoms with Crippen LogP contribution in [0, 0.1) is 6.57 Å². The van der Waals surface area contributed by atoms with E-state index in [0.717, 1.165) is 19.3 Å². The van der Waals surface area contributed by atoms with E-state index in [0.29, 0.717) is 26.2 Å². The van der Waals surface area contributed by atoms with Crippen LogP contribution in [-0.4, -0.2) is 48.1 Å². The second-order valence-corrected chi connectivity index (χ2v) is 23.3. The van der Waals surface area contributed by atoms with E-state index >= 15 is 0 Å². The molecule has 1 N–H and O–H groups in total. The molecule has 4 aromatic carbocycles. The minimum Gasteiger partial charge on any atom is -0.407 e. The van der Waals surface area contributed by atoms with Crippen molar-refractivity contribution in [3.05, 3.63) is 157 Å². The van der Waals surface area contributed by atoms with Crippen molar-refractivity contribution in [2.45, 2.75) is 77.3 Å². The van der Waals surface area contributed by atoms with Crippen LogP contribution < -0.4 is 20.7 Å². The maximum absolute atomic E-state index is 8.88. The Labute approximate surface area is 311 Å². The van der Waals surface area contributed by atoms with Crippen LogP contribution in [-0.2, 0) is 8.85 Å². The number of benzene rings is 4. The summed E-state index contributed by atoms with van der Waals surface area (Å²) >= 11 is 0. The van der Waals surface area contributed by atoms with E-state index in [2.05, 4.69) is 186 Å². The van der Waals surface area contributed by atoms with Crippen molar-refractivity contribution in [3.63, 3.8) is 0 Å². The summed E-state index contributed by atoms with van der Waals surface area (Å²) in [5.41, 5.74) is 0. The predicted octanol–water partition coefficient (Wildman–Crippen LogP) is 8.71. The smallest absolute Gasteiger partial charge is 0.261 e.